The third-order valence-corrected chi connectivity index (χ3v) is 3.37. The molecular formula is C12H22N4OS. The molecule has 0 saturated carbocycles. The van der Waals surface area contributed by atoms with Crippen LogP contribution in [0.5, 0.6) is 0 Å². The molecule has 0 fully saturated rings. The van der Waals surface area contributed by atoms with Crippen molar-refractivity contribution in [2.45, 2.75) is 27.2 Å². The van der Waals surface area contributed by atoms with Gasteiger partial charge < -0.3 is 10.6 Å². The first-order valence-electron chi connectivity index (χ1n) is 6.17. The van der Waals surface area contributed by atoms with Gasteiger partial charge >= 0.3 is 0 Å². The fourth-order valence-corrected chi connectivity index (χ4v) is 2.17. The molecule has 0 aliphatic carbocycles. The molecule has 2 N–H and O–H groups in total. The van der Waals surface area contributed by atoms with E-state index in [2.05, 4.69) is 20.6 Å². The minimum Gasteiger partial charge on any atom is -0.370 e. The standard InChI is InChI=1S/C12H22N4OS/c1-5-13-11-9(2)12(16-10(3)15-11)14-7-6-8-18(4)17/h5-8H2,1-4H3,(H2,13,14,15,16). The summed E-state index contributed by atoms with van der Waals surface area (Å²) in [5.74, 6) is 3.21. The Morgan fingerprint density at radius 2 is 1.78 bits per heavy atom. The van der Waals surface area contributed by atoms with E-state index in [9.17, 15) is 4.21 Å². The number of aryl methyl sites for hydroxylation is 1. The average Bonchev–Trinajstić information content (AvgIpc) is 2.30. The first-order chi connectivity index (χ1) is 8.54. The highest BCUT2D eigenvalue weighted by Gasteiger charge is 2.07. The zero-order valence-electron chi connectivity index (χ0n) is 11.5. The van der Waals surface area contributed by atoms with Crippen LogP contribution in [0, 0.1) is 13.8 Å². The van der Waals surface area contributed by atoms with Crippen LogP contribution >= 0.6 is 0 Å². The van der Waals surface area contributed by atoms with Crippen LogP contribution in [0.1, 0.15) is 24.7 Å². The van der Waals surface area contributed by atoms with Gasteiger partial charge in [-0.2, -0.15) is 0 Å². The van der Waals surface area contributed by atoms with E-state index in [0.29, 0.717) is 0 Å². The maximum Gasteiger partial charge on any atom is 0.134 e. The number of anilines is 2. The molecule has 5 nitrogen and oxygen atoms in total. The molecule has 1 heterocycles. The van der Waals surface area contributed by atoms with E-state index in [4.69, 9.17) is 0 Å². The molecule has 0 amide bonds. The van der Waals surface area contributed by atoms with E-state index in [-0.39, 0.29) is 0 Å². The number of aromatic nitrogens is 2. The summed E-state index contributed by atoms with van der Waals surface area (Å²) >= 11 is 0. The molecule has 0 radical (unpaired) electrons. The minimum atomic E-state index is -0.726. The van der Waals surface area contributed by atoms with E-state index in [1.54, 1.807) is 6.26 Å². The second-order valence-electron chi connectivity index (χ2n) is 4.18. The Hall–Kier alpha value is -1.17. The lowest BCUT2D eigenvalue weighted by Gasteiger charge is -2.13. The van der Waals surface area contributed by atoms with Crippen molar-refractivity contribution in [3.8, 4) is 0 Å². The van der Waals surface area contributed by atoms with Crippen LogP contribution in [0.25, 0.3) is 0 Å². The van der Waals surface area contributed by atoms with Gasteiger partial charge in [-0.1, -0.05) is 0 Å². The Bertz CT molecular complexity index is 423. The highest BCUT2D eigenvalue weighted by molar-refractivity contribution is 7.84. The molecule has 6 heteroatoms. The predicted octanol–water partition coefficient (Wildman–Crippen LogP) is 1.71. The normalized spacial score (nSPS) is 12.2. The maximum atomic E-state index is 11.0. The lowest BCUT2D eigenvalue weighted by atomic mass is 10.3. The zero-order chi connectivity index (χ0) is 13.5. The Labute approximate surface area is 111 Å². The first kappa shape index (κ1) is 14.9. The zero-order valence-corrected chi connectivity index (χ0v) is 12.4. The van der Waals surface area contributed by atoms with Gasteiger partial charge in [0, 0.05) is 41.5 Å². The quantitative estimate of drug-likeness (QED) is 0.738. The molecule has 0 saturated heterocycles. The maximum absolute atomic E-state index is 11.0. The van der Waals surface area contributed by atoms with Gasteiger partial charge in [0.1, 0.15) is 17.5 Å². The van der Waals surface area contributed by atoms with Crippen molar-refractivity contribution in [2.75, 3.05) is 35.7 Å². The van der Waals surface area contributed by atoms with Crippen LogP contribution in [0.15, 0.2) is 0 Å². The molecule has 0 spiro atoms. The largest absolute Gasteiger partial charge is 0.370 e. The second kappa shape index (κ2) is 7.31. The molecule has 1 aromatic heterocycles. The number of rotatable bonds is 7. The van der Waals surface area contributed by atoms with Gasteiger partial charge in [0.15, 0.2) is 0 Å². The number of hydrogen-bond donors (Lipinski definition) is 2. The topological polar surface area (TPSA) is 66.9 Å². The van der Waals surface area contributed by atoms with E-state index in [1.165, 1.54) is 0 Å². The lowest BCUT2D eigenvalue weighted by Crippen LogP contribution is -2.12. The fourth-order valence-electron chi connectivity index (χ4n) is 1.62. The van der Waals surface area contributed by atoms with Crippen molar-refractivity contribution in [1.82, 2.24) is 9.97 Å². The highest BCUT2D eigenvalue weighted by atomic mass is 32.2. The summed E-state index contributed by atoms with van der Waals surface area (Å²) in [6.07, 6.45) is 2.60. The molecule has 0 bridgehead atoms. The summed E-state index contributed by atoms with van der Waals surface area (Å²) in [5.41, 5.74) is 1.03. The summed E-state index contributed by atoms with van der Waals surface area (Å²) in [7, 11) is -0.726. The Morgan fingerprint density at radius 1 is 1.17 bits per heavy atom. The summed E-state index contributed by atoms with van der Waals surface area (Å²) in [5, 5.41) is 6.51. The first-order valence-corrected chi connectivity index (χ1v) is 7.90. The van der Waals surface area contributed by atoms with Gasteiger partial charge in [-0.05, 0) is 27.2 Å². The van der Waals surface area contributed by atoms with E-state index in [0.717, 1.165) is 48.3 Å². The van der Waals surface area contributed by atoms with Crippen LogP contribution in [0.2, 0.25) is 0 Å². The fraction of sp³-hybridized carbons (Fsp3) is 0.667. The van der Waals surface area contributed by atoms with Crippen LogP contribution < -0.4 is 10.6 Å². The van der Waals surface area contributed by atoms with E-state index < -0.39 is 10.8 Å². The number of nitrogens with one attached hydrogen (secondary N) is 2. The summed E-state index contributed by atoms with van der Waals surface area (Å²) < 4.78 is 11.0. The molecule has 18 heavy (non-hydrogen) atoms. The SMILES string of the molecule is CCNc1nc(C)nc(NCCCS(C)=O)c1C. The van der Waals surface area contributed by atoms with Crippen LogP contribution in [0.4, 0.5) is 11.6 Å². The highest BCUT2D eigenvalue weighted by Crippen LogP contribution is 2.19. The van der Waals surface area contributed by atoms with E-state index >= 15 is 0 Å². The van der Waals surface area contributed by atoms with Crippen molar-refractivity contribution in [2.24, 2.45) is 0 Å². The van der Waals surface area contributed by atoms with Gasteiger partial charge in [-0.15, -0.1) is 0 Å². The Balaban J connectivity index is 2.66. The average molecular weight is 270 g/mol. The molecule has 1 aromatic rings. The number of hydrogen-bond acceptors (Lipinski definition) is 5. The summed E-state index contributed by atoms with van der Waals surface area (Å²) in [4.78, 5) is 8.76. The molecule has 0 aromatic carbocycles. The Morgan fingerprint density at radius 3 is 2.33 bits per heavy atom. The van der Waals surface area contributed by atoms with Crippen molar-refractivity contribution >= 4 is 22.4 Å². The summed E-state index contributed by atoms with van der Waals surface area (Å²) in [6, 6.07) is 0. The number of nitrogens with zero attached hydrogens (tertiary/aromatic N) is 2. The summed E-state index contributed by atoms with van der Waals surface area (Å²) in [6.45, 7) is 7.54. The third kappa shape index (κ3) is 4.60. The van der Waals surface area contributed by atoms with Gasteiger partial charge in [0.25, 0.3) is 0 Å². The molecule has 102 valence electrons. The molecule has 0 aliphatic rings. The van der Waals surface area contributed by atoms with Crippen molar-refractivity contribution < 1.29 is 4.21 Å². The van der Waals surface area contributed by atoms with Gasteiger partial charge in [0.05, 0.1) is 0 Å². The van der Waals surface area contributed by atoms with Gasteiger partial charge in [-0.3, -0.25) is 4.21 Å². The lowest BCUT2D eigenvalue weighted by molar-refractivity contribution is 0.685. The van der Waals surface area contributed by atoms with Gasteiger partial charge in [0.2, 0.25) is 0 Å². The minimum absolute atomic E-state index is 0.718. The Kier molecular flexibility index (Phi) is 6.04. The van der Waals surface area contributed by atoms with Gasteiger partial charge in [-0.25, -0.2) is 9.97 Å². The monoisotopic (exact) mass is 270 g/mol. The van der Waals surface area contributed by atoms with Crippen LogP contribution in [-0.2, 0) is 10.8 Å². The van der Waals surface area contributed by atoms with Crippen molar-refractivity contribution in [3.63, 3.8) is 0 Å². The van der Waals surface area contributed by atoms with Crippen LogP contribution in [-0.4, -0.2) is 39.3 Å². The van der Waals surface area contributed by atoms with Crippen LogP contribution in [0.3, 0.4) is 0 Å². The predicted molar refractivity (Wildman–Crippen MR) is 77.7 cm³/mol. The van der Waals surface area contributed by atoms with Crippen molar-refractivity contribution in [3.05, 3.63) is 11.4 Å². The van der Waals surface area contributed by atoms with Crippen molar-refractivity contribution in [1.29, 1.82) is 0 Å². The molecule has 1 atom stereocenters. The molecular weight excluding hydrogens is 248 g/mol. The molecule has 0 aliphatic heterocycles. The third-order valence-electron chi connectivity index (χ3n) is 2.50. The smallest absolute Gasteiger partial charge is 0.134 e. The second-order valence-corrected chi connectivity index (χ2v) is 5.74. The van der Waals surface area contributed by atoms with E-state index in [1.807, 2.05) is 20.8 Å². The molecule has 1 unspecified atom stereocenters. The molecule has 1 rings (SSSR count).